The van der Waals surface area contributed by atoms with Crippen LogP contribution >= 0.6 is 11.8 Å². The van der Waals surface area contributed by atoms with E-state index in [1.807, 2.05) is 23.9 Å². The standard InChI is InChI=1S/C15H18N2OS/c1-2-3-9-18-13-6-4-12(5-7-13)14-11-17-8-10-19-15(17)16-14/h4-7,11H,2-3,8-10H2,1H3. The van der Waals surface area contributed by atoms with Crippen LogP contribution < -0.4 is 4.74 Å². The molecule has 19 heavy (non-hydrogen) atoms. The topological polar surface area (TPSA) is 27.1 Å². The summed E-state index contributed by atoms with van der Waals surface area (Å²) in [5.41, 5.74) is 2.22. The third-order valence-electron chi connectivity index (χ3n) is 3.22. The molecule has 2 heterocycles. The number of thioether (sulfide) groups is 1. The number of aryl methyl sites for hydroxylation is 1. The Balaban J connectivity index is 1.71. The third-order valence-corrected chi connectivity index (χ3v) is 4.19. The van der Waals surface area contributed by atoms with Crippen LogP contribution in [0.25, 0.3) is 11.3 Å². The lowest BCUT2D eigenvalue weighted by Gasteiger charge is -2.05. The van der Waals surface area contributed by atoms with Crippen LogP contribution in [0, 0.1) is 0 Å². The number of ether oxygens (including phenoxy) is 1. The molecule has 0 saturated carbocycles. The lowest BCUT2D eigenvalue weighted by molar-refractivity contribution is 0.309. The second kappa shape index (κ2) is 5.70. The zero-order chi connectivity index (χ0) is 13.1. The van der Waals surface area contributed by atoms with Gasteiger partial charge in [0.1, 0.15) is 5.75 Å². The highest BCUT2D eigenvalue weighted by Gasteiger charge is 2.14. The van der Waals surface area contributed by atoms with E-state index in [1.165, 1.54) is 0 Å². The van der Waals surface area contributed by atoms with Gasteiger partial charge < -0.3 is 9.30 Å². The lowest BCUT2D eigenvalue weighted by atomic mass is 10.1. The summed E-state index contributed by atoms with van der Waals surface area (Å²) in [4.78, 5) is 4.65. The van der Waals surface area contributed by atoms with Gasteiger partial charge in [0, 0.05) is 24.1 Å². The highest BCUT2D eigenvalue weighted by atomic mass is 32.2. The average Bonchev–Trinajstić information content (AvgIpc) is 3.01. The molecule has 3 nitrogen and oxygen atoms in total. The Morgan fingerprint density at radius 3 is 2.89 bits per heavy atom. The number of nitrogens with zero attached hydrogens (tertiary/aromatic N) is 2. The van der Waals surface area contributed by atoms with E-state index in [4.69, 9.17) is 4.74 Å². The zero-order valence-corrected chi connectivity index (χ0v) is 11.9. The van der Waals surface area contributed by atoms with Crippen LogP contribution in [0.1, 0.15) is 19.8 Å². The number of unbranched alkanes of at least 4 members (excludes halogenated alkanes) is 1. The van der Waals surface area contributed by atoms with Gasteiger partial charge in [-0.25, -0.2) is 4.98 Å². The van der Waals surface area contributed by atoms with Crippen molar-refractivity contribution in [1.29, 1.82) is 0 Å². The predicted molar refractivity (Wildman–Crippen MR) is 78.8 cm³/mol. The van der Waals surface area contributed by atoms with Crippen molar-refractivity contribution in [2.45, 2.75) is 31.5 Å². The molecular formula is C15H18N2OS. The number of imidazole rings is 1. The minimum Gasteiger partial charge on any atom is -0.494 e. The fraction of sp³-hybridized carbons (Fsp3) is 0.400. The maximum Gasteiger partial charge on any atom is 0.168 e. The summed E-state index contributed by atoms with van der Waals surface area (Å²) >= 11 is 1.83. The number of hydrogen-bond acceptors (Lipinski definition) is 3. The Labute approximate surface area is 118 Å². The quantitative estimate of drug-likeness (QED) is 0.775. The van der Waals surface area contributed by atoms with Gasteiger partial charge in [0.2, 0.25) is 0 Å². The summed E-state index contributed by atoms with van der Waals surface area (Å²) in [5.74, 6) is 2.09. The summed E-state index contributed by atoms with van der Waals surface area (Å²) in [6.07, 6.45) is 4.41. The Hall–Kier alpha value is -1.42. The normalized spacial score (nSPS) is 13.5. The van der Waals surface area contributed by atoms with Crippen molar-refractivity contribution in [3.8, 4) is 17.0 Å². The molecule has 0 amide bonds. The van der Waals surface area contributed by atoms with E-state index in [0.717, 1.165) is 53.9 Å². The van der Waals surface area contributed by atoms with Gasteiger partial charge in [0.15, 0.2) is 5.16 Å². The Kier molecular flexibility index (Phi) is 3.78. The van der Waals surface area contributed by atoms with E-state index < -0.39 is 0 Å². The van der Waals surface area contributed by atoms with E-state index in [1.54, 1.807) is 0 Å². The third kappa shape index (κ3) is 2.78. The molecular weight excluding hydrogens is 256 g/mol. The van der Waals surface area contributed by atoms with Gasteiger partial charge >= 0.3 is 0 Å². The molecule has 100 valence electrons. The van der Waals surface area contributed by atoms with Crippen LogP contribution in [0.5, 0.6) is 5.75 Å². The monoisotopic (exact) mass is 274 g/mol. The number of hydrogen-bond donors (Lipinski definition) is 0. The van der Waals surface area contributed by atoms with Gasteiger partial charge in [-0.1, -0.05) is 25.1 Å². The van der Waals surface area contributed by atoms with Gasteiger partial charge in [-0.05, 0) is 30.7 Å². The van der Waals surface area contributed by atoms with E-state index in [0.29, 0.717) is 0 Å². The van der Waals surface area contributed by atoms with Gasteiger partial charge in [0.25, 0.3) is 0 Å². The summed E-state index contributed by atoms with van der Waals surface area (Å²) in [7, 11) is 0. The van der Waals surface area contributed by atoms with E-state index in [-0.39, 0.29) is 0 Å². The number of rotatable bonds is 5. The number of fused-ring (bicyclic) bond motifs is 1. The molecule has 3 rings (SSSR count). The largest absolute Gasteiger partial charge is 0.494 e. The molecule has 4 heteroatoms. The van der Waals surface area contributed by atoms with Crippen LogP contribution in [0.15, 0.2) is 35.6 Å². The first kappa shape index (κ1) is 12.6. The second-order valence-corrected chi connectivity index (χ2v) is 5.74. The molecule has 0 fully saturated rings. The number of aromatic nitrogens is 2. The summed E-state index contributed by atoms with van der Waals surface area (Å²) in [5, 5.41) is 1.14. The highest BCUT2D eigenvalue weighted by Crippen LogP contribution is 2.29. The van der Waals surface area contributed by atoms with Crippen molar-refractivity contribution in [3.63, 3.8) is 0 Å². The second-order valence-electron chi connectivity index (χ2n) is 4.68. The summed E-state index contributed by atoms with van der Waals surface area (Å²) < 4.78 is 7.90. The SMILES string of the molecule is CCCCOc1ccc(-c2cn3c(n2)SCC3)cc1. The van der Waals surface area contributed by atoms with E-state index in [2.05, 4.69) is 34.8 Å². The first-order valence-electron chi connectivity index (χ1n) is 6.80. The minimum absolute atomic E-state index is 0.797. The summed E-state index contributed by atoms with van der Waals surface area (Å²) in [6.45, 7) is 4.04. The molecule has 1 aliphatic rings. The maximum atomic E-state index is 5.67. The van der Waals surface area contributed by atoms with Crippen molar-refractivity contribution >= 4 is 11.8 Å². The summed E-state index contributed by atoms with van der Waals surface area (Å²) in [6, 6.07) is 8.24. The zero-order valence-electron chi connectivity index (χ0n) is 11.1. The van der Waals surface area contributed by atoms with Crippen LogP contribution in [0.4, 0.5) is 0 Å². The smallest absolute Gasteiger partial charge is 0.168 e. The van der Waals surface area contributed by atoms with Crippen LogP contribution in [-0.2, 0) is 6.54 Å². The average molecular weight is 274 g/mol. The first-order valence-corrected chi connectivity index (χ1v) is 7.78. The Morgan fingerprint density at radius 2 is 2.16 bits per heavy atom. The molecule has 0 aliphatic carbocycles. The Bertz CT molecular complexity index is 526. The van der Waals surface area contributed by atoms with E-state index in [9.17, 15) is 0 Å². The molecule has 0 saturated heterocycles. The Morgan fingerprint density at radius 1 is 1.32 bits per heavy atom. The molecule has 1 aliphatic heterocycles. The van der Waals surface area contributed by atoms with Crippen LogP contribution in [0.2, 0.25) is 0 Å². The van der Waals surface area contributed by atoms with Gasteiger partial charge in [-0.2, -0.15) is 0 Å². The van der Waals surface area contributed by atoms with Crippen LogP contribution in [0.3, 0.4) is 0 Å². The lowest BCUT2D eigenvalue weighted by Crippen LogP contribution is -1.95. The van der Waals surface area contributed by atoms with Crippen molar-refractivity contribution < 1.29 is 4.74 Å². The highest BCUT2D eigenvalue weighted by molar-refractivity contribution is 7.99. The van der Waals surface area contributed by atoms with Crippen molar-refractivity contribution in [2.24, 2.45) is 0 Å². The van der Waals surface area contributed by atoms with Crippen molar-refractivity contribution in [3.05, 3.63) is 30.5 Å². The fourth-order valence-corrected chi connectivity index (χ4v) is 3.05. The first-order chi connectivity index (χ1) is 9.36. The van der Waals surface area contributed by atoms with E-state index >= 15 is 0 Å². The van der Waals surface area contributed by atoms with Gasteiger partial charge in [-0.15, -0.1) is 0 Å². The minimum atomic E-state index is 0.797. The van der Waals surface area contributed by atoms with Gasteiger partial charge in [-0.3, -0.25) is 0 Å². The van der Waals surface area contributed by atoms with Crippen LogP contribution in [-0.4, -0.2) is 21.9 Å². The van der Waals surface area contributed by atoms with Crippen molar-refractivity contribution in [1.82, 2.24) is 9.55 Å². The maximum absolute atomic E-state index is 5.67. The number of benzene rings is 1. The molecule has 1 aromatic heterocycles. The molecule has 0 radical (unpaired) electrons. The predicted octanol–water partition coefficient (Wildman–Crippen LogP) is 3.83. The molecule has 0 atom stereocenters. The molecule has 0 unspecified atom stereocenters. The molecule has 2 aromatic rings. The molecule has 0 bridgehead atoms. The molecule has 1 aromatic carbocycles. The molecule has 0 spiro atoms. The van der Waals surface area contributed by atoms with Gasteiger partial charge in [0.05, 0.1) is 12.3 Å². The molecule has 0 N–H and O–H groups in total. The van der Waals surface area contributed by atoms with Crippen molar-refractivity contribution in [2.75, 3.05) is 12.4 Å². The fourth-order valence-electron chi connectivity index (χ4n) is 2.10.